The molecule has 0 N–H and O–H groups in total. The molecule has 0 amide bonds. The van der Waals surface area contributed by atoms with Gasteiger partial charge in [-0.15, -0.1) is 0 Å². The average molecular weight is 654 g/mol. The first-order valence-corrected chi connectivity index (χ1v) is 17.4. The van der Waals surface area contributed by atoms with E-state index in [4.69, 9.17) is 28.4 Å². The fraction of sp³-hybridized carbons (Fsp3) is 0.615. The zero-order valence-corrected chi connectivity index (χ0v) is 29.8. The van der Waals surface area contributed by atoms with E-state index >= 15 is 0 Å². The summed E-state index contributed by atoms with van der Waals surface area (Å²) in [4.78, 5) is 14.6. The molecule has 2 atom stereocenters. The second-order valence-corrected chi connectivity index (χ2v) is 12.8. The average Bonchev–Trinajstić information content (AvgIpc) is 3.10. The monoisotopic (exact) mass is 653 g/mol. The number of allylic oxidation sites excluding steroid dienone is 4. The van der Waals surface area contributed by atoms with Gasteiger partial charge in [0.15, 0.2) is 12.6 Å². The summed E-state index contributed by atoms with van der Waals surface area (Å²) in [6.45, 7) is 12.8. The summed E-state index contributed by atoms with van der Waals surface area (Å²) >= 11 is 0. The molecule has 2 aliphatic rings. The van der Waals surface area contributed by atoms with Crippen molar-refractivity contribution in [3.63, 3.8) is 0 Å². The van der Waals surface area contributed by atoms with Crippen LogP contribution in [0.25, 0.3) is 0 Å². The first kappa shape index (κ1) is 38.5. The topological polar surface area (TPSA) is 75.7 Å². The molecule has 2 fully saturated rings. The number of methoxy groups -OCH3 is 2. The summed E-state index contributed by atoms with van der Waals surface area (Å²) in [5, 5.41) is 0. The summed E-state index contributed by atoms with van der Waals surface area (Å²) < 4.78 is 34.0. The van der Waals surface area contributed by atoms with Crippen molar-refractivity contribution in [3.05, 3.63) is 70.4 Å². The van der Waals surface area contributed by atoms with Crippen LogP contribution in [-0.2, 0) is 23.7 Å². The lowest BCUT2D eigenvalue weighted by Gasteiger charge is -2.25. The standard InChI is InChI=1S/C39H59NO7/c1-30(13-11-15-32(3)28-46-37-17-7-9-25-44-37)21-23-40(35-27-34(39(41)43-6)19-20-36(35)42-5)24-22-31(2)14-12-16-33(4)29-47-38-18-8-10-26-45-38/h15-16,19-22,27,37-38H,7-14,17-18,23-26,28-29H2,1-6H3. The molecule has 0 aliphatic carbocycles. The van der Waals surface area contributed by atoms with Gasteiger partial charge < -0.3 is 33.3 Å². The van der Waals surface area contributed by atoms with E-state index in [1.165, 1.54) is 42.2 Å². The summed E-state index contributed by atoms with van der Waals surface area (Å²) in [5.74, 6) is 0.352. The Bertz CT molecular complexity index is 1150. The second kappa shape index (κ2) is 21.9. The van der Waals surface area contributed by atoms with Gasteiger partial charge >= 0.3 is 5.97 Å². The summed E-state index contributed by atoms with van der Waals surface area (Å²) in [6.07, 6.45) is 19.3. The molecule has 8 heteroatoms. The van der Waals surface area contributed by atoms with Crippen LogP contribution in [0.15, 0.2) is 64.8 Å². The predicted molar refractivity (Wildman–Crippen MR) is 189 cm³/mol. The predicted octanol–water partition coefficient (Wildman–Crippen LogP) is 8.72. The lowest BCUT2D eigenvalue weighted by atomic mass is 10.1. The van der Waals surface area contributed by atoms with E-state index in [-0.39, 0.29) is 18.5 Å². The van der Waals surface area contributed by atoms with Crippen LogP contribution >= 0.6 is 0 Å². The molecule has 2 heterocycles. The molecule has 8 nitrogen and oxygen atoms in total. The minimum absolute atomic E-state index is 0.0613. The first-order chi connectivity index (χ1) is 22.8. The van der Waals surface area contributed by atoms with Crippen molar-refractivity contribution in [3.8, 4) is 5.75 Å². The molecule has 1 aromatic rings. The molecule has 2 unspecified atom stereocenters. The molecule has 1 aromatic carbocycles. The van der Waals surface area contributed by atoms with E-state index in [9.17, 15) is 4.79 Å². The molecule has 47 heavy (non-hydrogen) atoms. The Morgan fingerprint density at radius 2 is 1.30 bits per heavy atom. The highest BCUT2D eigenvalue weighted by Crippen LogP contribution is 2.30. The number of hydrogen-bond donors (Lipinski definition) is 0. The Labute approximate surface area is 283 Å². The van der Waals surface area contributed by atoms with Gasteiger partial charge in [0.25, 0.3) is 0 Å². The molecule has 0 spiro atoms. The number of ether oxygens (including phenoxy) is 6. The Kier molecular flexibility index (Phi) is 17.9. The van der Waals surface area contributed by atoms with Gasteiger partial charge in [0.05, 0.1) is 38.7 Å². The Morgan fingerprint density at radius 1 is 0.766 bits per heavy atom. The van der Waals surface area contributed by atoms with Gasteiger partial charge in [0, 0.05) is 26.3 Å². The number of carbonyl (C=O) groups is 1. The zero-order valence-electron chi connectivity index (χ0n) is 29.8. The van der Waals surface area contributed by atoms with Crippen LogP contribution in [0.2, 0.25) is 0 Å². The van der Waals surface area contributed by atoms with Gasteiger partial charge in [-0.2, -0.15) is 0 Å². The maximum absolute atomic E-state index is 12.4. The van der Waals surface area contributed by atoms with Crippen molar-refractivity contribution in [1.29, 1.82) is 0 Å². The molecule has 2 saturated heterocycles. The highest BCUT2D eigenvalue weighted by atomic mass is 16.7. The maximum atomic E-state index is 12.4. The van der Waals surface area contributed by atoms with E-state index < -0.39 is 0 Å². The minimum Gasteiger partial charge on any atom is -0.495 e. The van der Waals surface area contributed by atoms with Gasteiger partial charge in [-0.25, -0.2) is 4.79 Å². The van der Waals surface area contributed by atoms with E-state index in [0.29, 0.717) is 31.9 Å². The van der Waals surface area contributed by atoms with Crippen molar-refractivity contribution in [2.24, 2.45) is 0 Å². The van der Waals surface area contributed by atoms with Crippen molar-refractivity contribution >= 4 is 11.7 Å². The van der Waals surface area contributed by atoms with Crippen LogP contribution in [0.4, 0.5) is 5.69 Å². The van der Waals surface area contributed by atoms with Crippen LogP contribution < -0.4 is 9.64 Å². The first-order valence-electron chi connectivity index (χ1n) is 17.4. The van der Waals surface area contributed by atoms with Gasteiger partial charge in [0.2, 0.25) is 0 Å². The van der Waals surface area contributed by atoms with Crippen LogP contribution in [0.5, 0.6) is 5.75 Å². The van der Waals surface area contributed by atoms with Crippen LogP contribution in [0, 0.1) is 0 Å². The zero-order chi connectivity index (χ0) is 33.9. The number of carbonyl (C=O) groups excluding carboxylic acids is 1. The van der Waals surface area contributed by atoms with Gasteiger partial charge in [-0.05, 0) is 110 Å². The van der Waals surface area contributed by atoms with Crippen LogP contribution in [0.1, 0.15) is 102 Å². The van der Waals surface area contributed by atoms with Gasteiger partial charge in [0.1, 0.15) is 5.75 Å². The van der Waals surface area contributed by atoms with Gasteiger partial charge in [-0.3, -0.25) is 0 Å². The largest absolute Gasteiger partial charge is 0.495 e. The number of rotatable bonds is 19. The highest BCUT2D eigenvalue weighted by molar-refractivity contribution is 5.91. The lowest BCUT2D eigenvalue weighted by molar-refractivity contribution is -0.157. The summed E-state index contributed by atoms with van der Waals surface area (Å²) in [5.41, 5.74) is 6.43. The van der Waals surface area contributed by atoms with Crippen molar-refractivity contribution in [2.75, 3.05) is 58.6 Å². The Balaban J connectivity index is 1.60. The molecule has 0 aromatic heterocycles. The van der Waals surface area contributed by atoms with Gasteiger partial charge in [-0.1, -0.05) is 46.6 Å². The quantitative estimate of drug-likeness (QED) is 0.108. The van der Waals surface area contributed by atoms with Crippen molar-refractivity contribution < 1.29 is 33.2 Å². The number of anilines is 1. The third kappa shape index (κ3) is 14.8. The van der Waals surface area contributed by atoms with Crippen LogP contribution in [-0.4, -0.2) is 72.3 Å². The molecule has 3 rings (SSSR count). The smallest absolute Gasteiger partial charge is 0.337 e. The fourth-order valence-electron chi connectivity index (χ4n) is 5.53. The lowest BCUT2D eigenvalue weighted by Crippen LogP contribution is -2.25. The third-order valence-electron chi connectivity index (χ3n) is 8.59. The molecule has 0 saturated carbocycles. The molecule has 0 bridgehead atoms. The summed E-state index contributed by atoms with van der Waals surface area (Å²) in [7, 11) is 3.06. The number of hydrogen-bond acceptors (Lipinski definition) is 8. The molecule has 2 aliphatic heterocycles. The van der Waals surface area contributed by atoms with Crippen molar-refractivity contribution in [1.82, 2.24) is 0 Å². The van der Waals surface area contributed by atoms with E-state index in [1.807, 2.05) is 12.1 Å². The molecular formula is C39H59NO7. The van der Waals surface area contributed by atoms with E-state index in [1.54, 1.807) is 13.2 Å². The second-order valence-electron chi connectivity index (χ2n) is 12.8. The number of benzene rings is 1. The van der Waals surface area contributed by atoms with E-state index in [2.05, 4.69) is 56.9 Å². The van der Waals surface area contributed by atoms with Crippen molar-refractivity contribution in [2.45, 2.75) is 104 Å². The summed E-state index contributed by atoms with van der Waals surface area (Å²) in [6, 6.07) is 5.44. The SMILES string of the molecule is COC(=O)c1ccc(OC)c(N(CC=C(C)CCC=C(C)COC2CCCCO2)CC=C(C)CCC=C(C)COC2CCCCO2)c1. The molecule has 262 valence electrons. The van der Waals surface area contributed by atoms with E-state index in [0.717, 1.165) is 76.0 Å². The molecular weight excluding hydrogens is 594 g/mol. The minimum atomic E-state index is -0.366. The maximum Gasteiger partial charge on any atom is 0.337 e. The third-order valence-corrected chi connectivity index (χ3v) is 8.59. The molecule has 0 radical (unpaired) electrons. The van der Waals surface area contributed by atoms with Crippen LogP contribution in [0.3, 0.4) is 0 Å². The highest BCUT2D eigenvalue weighted by Gasteiger charge is 2.17. The Morgan fingerprint density at radius 3 is 1.74 bits per heavy atom. The number of nitrogens with zero attached hydrogens (tertiary/aromatic N) is 1. The fourth-order valence-corrected chi connectivity index (χ4v) is 5.53. The normalized spacial score (nSPS) is 19.9. The number of esters is 1. The Hall–Kier alpha value is -2.91.